The average molecular weight is 232 g/mol. The van der Waals surface area contributed by atoms with Crippen LogP contribution in [-0.4, -0.2) is 19.1 Å². The second kappa shape index (κ2) is 5.56. The molecule has 0 heterocycles. The molecule has 1 N–H and O–H groups in total. The molecule has 82 valence electrons. The molecule has 1 amide bonds. The van der Waals surface area contributed by atoms with Crippen molar-refractivity contribution >= 4 is 17.5 Å². The maximum Gasteiger partial charge on any atom is 0.216 e. The van der Waals surface area contributed by atoms with Crippen molar-refractivity contribution in [3.8, 4) is 5.75 Å². The number of ether oxygens (including phenoxy) is 1. The van der Waals surface area contributed by atoms with E-state index in [1.165, 1.54) is 25.1 Å². The predicted octanol–water partition coefficient (Wildman–Crippen LogP) is 1.99. The van der Waals surface area contributed by atoms with Crippen LogP contribution in [0.5, 0.6) is 5.75 Å². The first-order valence-corrected chi connectivity index (χ1v) is 4.79. The molecular formula is C10H11ClFNO2. The third-order valence-corrected chi connectivity index (χ3v) is 1.93. The molecule has 0 saturated carbocycles. The molecule has 0 radical (unpaired) electrons. The molecule has 15 heavy (non-hydrogen) atoms. The van der Waals surface area contributed by atoms with Gasteiger partial charge < -0.3 is 10.1 Å². The molecule has 0 unspecified atom stereocenters. The highest BCUT2D eigenvalue weighted by Crippen LogP contribution is 2.20. The largest absolute Gasteiger partial charge is 0.492 e. The Morgan fingerprint density at radius 3 is 2.93 bits per heavy atom. The highest BCUT2D eigenvalue weighted by Gasteiger charge is 2.01. The van der Waals surface area contributed by atoms with Crippen molar-refractivity contribution in [2.24, 2.45) is 0 Å². The number of benzene rings is 1. The fourth-order valence-corrected chi connectivity index (χ4v) is 1.13. The molecule has 0 aliphatic rings. The summed E-state index contributed by atoms with van der Waals surface area (Å²) in [4.78, 5) is 10.5. The van der Waals surface area contributed by atoms with Crippen LogP contribution in [0.1, 0.15) is 6.92 Å². The van der Waals surface area contributed by atoms with Crippen LogP contribution in [0, 0.1) is 5.82 Å². The molecule has 0 aliphatic heterocycles. The van der Waals surface area contributed by atoms with Gasteiger partial charge in [-0.05, 0) is 12.1 Å². The third-order valence-electron chi connectivity index (χ3n) is 1.64. The van der Waals surface area contributed by atoms with Gasteiger partial charge in [0.15, 0.2) is 0 Å². The number of hydrogen-bond acceptors (Lipinski definition) is 2. The highest BCUT2D eigenvalue weighted by molar-refractivity contribution is 6.30. The first kappa shape index (κ1) is 11.8. The lowest BCUT2D eigenvalue weighted by Gasteiger charge is -2.06. The minimum absolute atomic E-state index is 0.0204. The average Bonchev–Trinajstić information content (AvgIpc) is 2.18. The van der Waals surface area contributed by atoms with E-state index >= 15 is 0 Å². The standard InChI is InChI=1S/C10H11ClFNO2/c1-7(14)13-4-5-15-8-2-3-10(12)9(11)6-8/h2-3,6H,4-5H2,1H3,(H,13,14). The van der Waals surface area contributed by atoms with Gasteiger partial charge in [0, 0.05) is 13.0 Å². The summed E-state index contributed by atoms with van der Waals surface area (Å²) in [5.41, 5.74) is 0. The van der Waals surface area contributed by atoms with E-state index in [-0.39, 0.29) is 10.9 Å². The first-order chi connectivity index (χ1) is 7.09. The number of halogens is 2. The number of nitrogens with one attached hydrogen (secondary N) is 1. The fourth-order valence-electron chi connectivity index (χ4n) is 0.963. The summed E-state index contributed by atoms with van der Waals surface area (Å²) in [6.07, 6.45) is 0. The van der Waals surface area contributed by atoms with Crippen molar-refractivity contribution in [2.45, 2.75) is 6.92 Å². The lowest BCUT2D eigenvalue weighted by Crippen LogP contribution is -2.25. The van der Waals surface area contributed by atoms with Crippen LogP contribution in [0.15, 0.2) is 18.2 Å². The maximum absolute atomic E-state index is 12.7. The number of carbonyl (C=O) groups excluding carboxylic acids is 1. The van der Waals surface area contributed by atoms with Gasteiger partial charge in [-0.15, -0.1) is 0 Å². The summed E-state index contributed by atoms with van der Waals surface area (Å²) in [6, 6.07) is 4.11. The van der Waals surface area contributed by atoms with E-state index in [1.807, 2.05) is 0 Å². The van der Waals surface area contributed by atoms with E-state index in [4.69, 9.17) is 16.3 Å². The molecule has 0 atom stereocenters. The van der Waals surface area contributed by atoms with Gasteiger partial charge in [0.05, 0.1) is 11.6 Å². The van der Waals surface area contributed by atoms with E-state index in [1.54, 1.807) is 0 Å². The summed E-state index contributed by atoms with van der Waals surface area (Å²) in [5.74, 6) is -0.117. The Morgan fingerprint density at radius 1 is 1.60 bits per heavy atom. The van der Waals surface area contributed by atoms with E-state index in [0.717, 1.165) is 0 Å². The lowest BCUT2D eigenvalue weighted by atomic mass is 10.3. The topological polar surface area (TPSA) is 38.3 Å². The molecule has 0 spiro atoms. The van der Waals surface area contributed by atoms with Gasteiger partial charge in [-0.2, -0.15) is 0 Å². The second-order valence-electron chi connectivity index (χ2n) is 2.91. The SMILES string of the molecule is CC(=O)NCCOc1ccc(F)c(Cl)c1. The molecule has 0 fully saturated rings. The van der Waals surface area contributed by atoms with Crippen LogP contribution >= 0.6 is 11.6 Å². The summed E-state index contributed by atoms with van der Waals surface area (Å²) < 4.78 is 18.0. The van der Waals surface area contributed by atoms with Crippen LogP contribution in [-0.2, 0) is 4.79 Å². The van der Waals surface area contributed by atoms with E-state index in [9.17, 15) is 9.18 Å². The second-order valence-corrected chi connectivity index (χ2v) is 3.31. The molecule has 3 nitrogen and oxygen atoms in total. The molecule has 0 aliphatic carbocycles. The summed E-state index contributed by atoms with van der Waals surface area (Å²) >= 11 is 5.55. The maximum atomic E-state index is 12.7. The Bertz CT molecular complexity index is 357. The normalized spacial score (nSPS) is 9.80. The molecule has 1 aromatic carbocycles. The Hall–Kier alpha value is -1.29. The Labute approximate surface area is 92.2 Å². The smallest absolute Gasteiger partial charge is 0.216 e. The summed E-state index contributed by atoms with van der Waals surface area (Å²) in [6.45, 7) is 2.15. The summed E-state index contributed by atoms with van der Waals surface area (Å²) in [7, 11) is 0. The number of carbonyl (C=O) groups is 1. The fraction of sp³-hybridized carbons (Fsp3) is 0.300. The van der Waals surface area contributed by atoms with Gasteiger partial charge >= 0.3 is 0 Å². The van der Waals surface area contributed by atoms with Crippen LogP contribution in [0.25, 0.3) is 0 Å². The zero-order valence-electron chi connectivity index (χ0n) is 8.22. The number of amides is 1. The minimum Gasteiger partial charge on any atom is -0.492 e. The Balaban J connectivity index is 2.38. The zero-order chi connectivity index (χ0) is 11.3. The van der Waals surface area contributed by atoms with Crippen molar-refractivity contribution in [3.63, 3.8) is 0 Å². The lowest BCUT2D eigenvalue weighted by molar-refractivity contribution is -0.119. The Kier molecular flexibility index (Phi) is 4.37. The number of hydrogen-bond donors (Lipinski definition) is 1. The van der Waals surface area contributed by atoms with Crippen molar-refractivity contribution in [2.75, 3.05) is 13.2 Å². The van der Waals surface area contributed by atoms with Crippen LogP contribution in [0.3, 0.4) is 0 Å². The van der Waals surface area contributed by atoms with Gasteiger partial charge in [0.25, 0.3) is 0 Å². The van der Waals surface area contributed by atoms with E-state index < -0.39 is 5.82 Å². The van der Waals surface area contributed by atoms with Gasteiger partial charge in [-0.25, -0.2) is 4.39 Å². The molecule has 0 aromatic heterocycles. The first-order valence-electron chi connectivity index (χ1n) is 4.42. The Morgan fingerprint density at radius 2 is 2.33 bits per heavy atom. The molecule has 0 bridgehead atoms. The van der Waals surface area contributed by atoms with Gasteiger partial charge in [-0.1, -0.05) is 11.6 Å². The number of rotatable bonds is 4. The van der Waals surface area contributed by atoms with Gasteiger partial charge in [0.2, 0.25) is 5.91 Å². The van der Waals surface area contributed by atoms with Gasteiger partial charge in [0.1, 0.15) is 18.2 Å². The van der Waals surface area contributed by atoms with Crippen LogP contribution < -0.4 is 10.1 Å². The molecule has 0 saturated heterocycles. The summed E-state index contributed by atoms with van der Waals surface area (Å²) in [5, 5.41) is 2.59. The van der Waals surface area contributed by atoms with Crippen molar-refractivity contribution in [1.29, 1.82) is 0 Å². The highest BCUT2D eigenvalue weighted by atomic mass is 35.5. The van der Waals surface area contributed by atoms with Crippen molar-refractivity contribution < 1.29 is 13.9 Å². The molecule has 5 heteroatoms. The van der Waals surface area contributed by atoms with E-state index in [0.29, 0.717) is 18.9 Å². The van der Waals surface area contributed by atoms with Crippen molar-refractivity contribution in [3.05, 3.63) is 29.0 Å². The molecule has 1 aromatic rings. The predicted molar refractivity (Wildman–Crippen MR) is 55.6 cm³/mol. The van der Waals surface area contributed by atoms with Crippen molar-refractivity contribution in [1.82, 2.24) is 5.32 Å². The van der Waals surface area contributed by atoms with Crippen LogP contribution in [0.4, 0.5) is 4.39 Å². The third kappa shape index (κ3) is 4.16. The van der Waals surface area contributed by atoms with Crippen LogP contribution in [0.2, 0.25) is 5.02 Å². The molecular weight excluding hydrogens is 221 g/mol. The molecule has 1 rings (SSSR count). The van der Waals surface area contributed by atoms with Gasteiger partial charge in [-0.3, -0.25) is 4.79 Å². The zero-order valence-corrected chi connectivity index (χ0v) is 8.97. The van der Waals surface area contributed by atoms with E-state index in [2.05, 4.69) is 5.32 Å². The quantitative estimate of drug-likeness (QED) is 0.805. The minimum atomic E-state index is -0.481. The monoisotopic (exact) mass is 231 g/mol.